The molecule has 79 heavy (non-hydrogen) atoms. The molecule has 0 atom stereocenters. The van der Waals surface area contributed by atoms with Gasteiger partial charge in [-0.2, -0.15) is 0 Å². The molecule has 0 amide bonds. The second kappa shape index (κ2) is 17.6. The van der Waals surface area contributed by atoms with E-state index < -0.39 is 12.8 Å². The molecular weight excluding hydrogens is 960 g/mol. The molecule has 0 fully saturated rings. The zero-order valence-corrected chi connectivity index (χ0v) is 44.9. The van der Waals surface area contributed by atoms with Gasteiger partial charge in [0, 0.05) is 38.7 Å². The molecule has 4 nitrogen and oxygen atoms in total. The molecule has 2 aliphatic heterocycles. The number of benzene rings is 11. The fourth-order valence-corrected chi connectivity index (χ4v) is 12.5. The molecule has 0 unspecified atom stereocenters. The molecule has 0 N–H and O–H groups in total. The maximum absolute atomic E-state index is 9.27. The highest BCUT2D eigenvalue weighted by Gasteiger charge is 2.44. The fourth-order valence-electron chi connectivity index (χ4n) is 12.5. The minimum absolute atomic E-state index is 0.0538. The van der Waals surface area contributed by atoms with Gasteiger partial charge in [-0.1, -0.05) is 223 Å². The molecule has 2 aromatic heterocycles. The van der Waals surface area contributed by atoms with E-state index in [0.29, 0.717) is 22.6 Å². The van der Waals surface area contributed by atoms with Crippen LogP contribution >= 0.6 is 0 Å². The number of hydrogen-bond acceptors (Lipinski definition) is 3. The van der Waals surface area contributed by atoms with E-state index in [4.69, 9.17) is 13.3 Å². The van der Waals surface area contributed by atoms with Crippen molar-refractivity contribution in [3.05, 3.63) is 248 Å². The van der Waals surface area contributed by atoms with Crippen molar-refractivity contribution in [2.24, 2.45) is 0 Å². The first-order chi connectivity index (χ1) is 40.5. The molecule has 4 heterocycles. The molecule has 15 rings (SSSR count). The van der Waals surface area contributed by atoms with Crippen LogP contribution in [0.4, 0.5) is 17.1 Å². The molecule has 11 aromatic carbocycles. The van der Waals surface area contributed by atoms with E-state index in [2.05, 4.69) is 221 Å². The molecule has 5 heteroatoms. The quantitative estimate of drug-likeness (QED) is 0.156. The number of rotatable bonds is 6. The van der Waals surface area contributed by atoms with Crippen molar-refractivity contribution in [2.75, 3.05) is 4.90 Å². The van der Waals surface area contributed by atoms with Crippen LogP contribution in [-0.4, -0.2) is 11.3 Å². The summed E-state index contributed by atoms with van der Waals surface area (Å²) in [6.45, 7) is 13.1. The Hall–Kier alpha value is -9.32. The lowest BCUT2D eigenvalue weighted by molar-refractivity contribution is 0.481. The topological polar surface area (TPSA) is 30.5 Å². The van der Waals surface area contributed by atoms with Crippen molar-refractivity contribution in [3.8, 4) is 61.7 Å². The van der Waals surface area contributed by atoms with E-state index in [1.54, 1.807) is 0 Å². The van der Waals surface area contributed by atoms with Crippen LogP contribution in [0.2, 0.25) is 0 Å². The lowest BCUT2D eigenvalue weighted by atomic mass is 9.34. The second-order valence-electron chi connectivity index (χ2n) is 23.3. The largest absolute Gasteiger partial charge is 0.454 e. The summed E-state index contributed by atoms with van der Waals surface area (Å²) in [6, 6.07) is 71.1. The summed E-state index contributed by atoms with van der Waals surface area (Å²) in [4.78, 5) is 2.37. The minimum Gasteiger partial charge on any atom is -0.454 e. The third-order valence-corrected chi connectivity index (χ3v) is 16.4. The van der Waals surface area contributed by atoms with Gasteiger partial charge < -0.3 is 18.6 Å². The van der Waals surface area contributed by atoms with Crippen LogP contribution in [0.5, 0.6) is 11.5 Å². The lowest BCUT2D eigenvalue weighted by Gasteiger charge is -2.42. The molecule has 0 saturated heterocycles. The summed E-state index contributed by atoms with van der Waals surface area (Å²) in [5.74, 6) is 1.25. The Balaban J connectivity index is 1.03. The molecular formula is C74H57BN2O2. The molecule has 378 valence electrons. The summed E-state index contributed by atoms with van der Waals surface area (Å²) in [6.07, 6.45) is 0. The zero-order valence-electron chi connectivity index (χ0n) is 49.9. The molecule has 0 bridgehead atoms. The molecule has 13 aromatic rings. The maximum Gasteiger partial charge on any atom is 0.256 e. The van der Waals surface area contributed by atoms with Crippen molar-refractivity contribution >= 4 is 83.9 Å². The van der Waals surface area contributed by atoms with Crippen LogP contribution in [-0.2, 0) is 10.8 Å². The van der Waals surface area contributed by atoms with Crippen LogP contribution in [0.3, 0.4) is 0 Å². The van der Waals surface area contributed by atoms with Crippen LogP contribution in [0, 0.1) is 0 Å². The first-order valence-corrected chi connectivity index (χ1v) is 27.3. The molecule has 0 saturated carbocycles. The normalized spacial score (nSPS) is 13.9. The number of hydrogen-bond donors (Lipinski definition) is 0. The predicted molar refractivity (Wildman–Crippen MR) is 333 cm³/mol. The average Bonchev–Trinajstić information content (AvgIpc) is 1.30. The van der Waals surface area contributed by atoms with Gasteiger partial charge in [0.1, 0.15) is 11.3 Å². The first kappa shape index (κ1) is 41.8. The highest BCUT2D eigenvalue weighted by Crippen LogP contribution is 2.51. The Kier molecular flexibility index (Phi) is 9.32. The van der Waals surface area contributed by atoms with Gasteiger partial charge in [0.15, 0.2) is 11.3 Å². The van der Waals surface area contributed by atoms with E-state index in [0.717, 1.165) is 99.9 Å². The monoisotopic (exact) mass is 1020 g/mol. The highest BCUT2D eigenvalue weighted by atomic mass is 16.5. The highest BCUT2D eigenvalue weighted by molar-refractivity contribution is 6.99. The number of para-hydroxylation sites is 1. The number of aromatic nitrogens is 1. The summed E-state index contributed by atoms with van der Waals surface area (Å²) in [7, 11) is 0. The Morgan fingerprint density at radius 2 is 1.05 bits per heavy atom. The van der Waals surface area contributed by atoms with Gasteiger partial charge in [0.2, 0.25) is 0 Å². The number of ether oxygens (including phenoxy) is 1. The van der Waals surface area contributed by atoms with E-state index in [-0.39, 0.29) is 40.6 Å². The van der Waals surface area contributed by atoms with Gasteiger partial charge in [-0.05, 0) is 126 Å². The standard InChI is InChI=1S/C74H57BN2O2/c1-73(2,3)52-34-39-61-57(44-52)58-45-53(74(4,5)6)35-40-62(58)76(61)64-31-20-32-66-68(64)56-36-37-59-72(71(56)78-66)79-67-43-51(47-23-13-8-14-24-47)42-65-69(67)75(59)60-41-50(46-21-11-7-12-22-46)33-38-63(60)77(65)70-54(48-25-15-9-16-26-48)29-19-30-55(70)49-27-17-10-18-28-49/h7-45H,1-6H3/i7D,11D,12D,21D,22D. The Morgan fingerprint density at radius 3 is 1.67 bits per heavy atom. The SMILES string of the molecule is [2H]c1c([2H])c([2H])c(-c2ccc3c(c2)B2c4ccc5c(oc6cccc(-n7c8ccc(C(C)(C)C)cc8c8cc(C(C)(C)C)ccc87)c65)c4Oc4cc(-c5ccccc5)cc(c42)N3c2c(-c3ccccc3)cccc2-c2ccccc2)c([2H])c1[2H]. The molecule has 0 radical (unpaired) electrons. The summed E-state index contributed by atoms with van der Waals surface area (Å²) < 4.78 is 61.9. The van der Waals surface area contributed by atoms with Gasteiger partial charge in [-0.3, -0.25) is 0 Å². The van der Waals surface area contributed by atoms with Crippen molar-refractivity contribution in [3.63, 3.8) is 0 Å². The van der Waals surface area contributed by atoms with Gasteiger partial charge in [0.25, 0.3) is 6.71 Å². The summed E-state index contributed by atoms with van der Waals surface area (Å²) >= 11 is 0. The summed E-state index contributed by atoms with van der Waals surface area (Å²) in [5, 5.41) is 4.27. The Bertz CT molecular complexity index is 4750. The van der Waals surface area contributed by atoms with Crippen LogP contribution in [0.15, 0.2) is 241 Å². The van der Waals surface area contributed by atoms with Crippen LogP contribution in [0.25, 0.3) is 93.9 Å². The molecule has 2 aliphatic rings. The second-order valence-corrected chi connectivity index (χ2v) is 23.3. The van der Waals surface area contributed by atoms with Crippen LogP contribution < -0.4 is 26.0 Å². The van der Waals surface area contributed by atoms with Gasteiger partial charge in [0.05, 0.1) is 34.6 Å². The third kappa shape index (κ3) is 7.43. The number of anilines is 3. The van der Waals surface area contributed by atoms with Crippen molar-refractivity contribution < 1.29 is 16.0 Å². The number of nitrogens with zero attached hydrogens (tertiary/aromatic N) is 2. The van der Waals surface area contributed by atoms with E-state index >= 15 is 0 Å². The number of furan rings is 1. The predicted octanol–water partition coefficient (Wildman–Crippen LogP) is 18.4. The van der Waals surface area contributed by atoms with Crippen LogP contribution in [0.1, 0.15) is 59.5 Å². The summed E-state index contributed by atoms with van der Waals surface area (Å²) in [5.41, 5.74) is 19.2. The molecule has 0 aliphatic carbocycles. The van der Waals surface area contributed by atoms with Gasteiger partial charge in [-0.15, -0.1) is 0 Å². The first-order valence-electron chi connectivity index (χ1n) is 29.8. The van der Waals surface area contributed by atoms with E-state index in [1.165, 1.54) is 21.9 Å². The smallest absolute Gasteiger partial charge is 0.256 e. The third-order valence-electron chi connectivity index (χ3n) is 16.4. The van der Waals surface area contributed by atoms with Crippen molar-refractivity contribution in [2.45, 2.75) is 52.4 Å². The lowest BCUT2D eigenvalue weighted by Crippen LogP contribution is -2.59. The Morgan fingerprint density at radius 1 is 0.443 bits per heavy atom. The van der Waals surface area contributed by atoms with Gasteiger partial charge in [-0.25, -0.2) is 0 Å². The van der Waals surface area contributed by atoms with Crippen molar-refractivity contribution in [1.29, 1.82) is 0 Å². The molecule has 0 spiro atoms. The van der Waals surface area contributed by atoms with E-state index in [1.807, 2.05) is 36.4 Å². The Labute approximate surface area is 468 Å². The maximum atomic E-state index is 9.27. The zero-order chi connectivity index (χ0) is 57.7. The van der Waals surface area contributed by atoms with E-state index in [9.17, 15) is 2.74 Å². The van der Waals surface area contributed by atoms with Crippen molar-refractivity contribution in [1.82, 2.24) is 4.57 Å². The minimum atomic E-state index is -0.480. The number of fused-ring (bicyclic) bond motifs is 11. The fraction of sp³-hybridized carbons (Fsp3) is 0.108. The van der Waals surface area contributed by atoms with Gasteiger partial charge >= 0.3 is 0 Å². The average molecular weight is 1020 g/mol.